The summed E-state index contributed by atoms with van der Waals surface area (Å²) in [6.07, 6.45) is 2.52. The van der Waals surface area contributed by atoms with Crippen molar-refractivity contribution < 1.29 is 9.90 Å². The molecule has 0 amide bonds. The number of Topliss-reactive ketones (excluding diaryl/α,β-unsaturated/α-hetero) is 1. The van der Waals surface area contributed by atoms with Crippen LogP contribution in [-0.2, 0) is 23.2 Å². The average Bonchev–Trinajstić information content (AvgIpc) is 2.80. The number of nitrogens with zero attached hydrogens (tertiary/aromatic N) is 1. The van der Waals surface area contributed by atoms with E-state index < -0.39 is 0 Å². The average molecular weight is 449 g/mol. The van der Waals surface area contributed by atoms with Gasteiger partial charge >= 0.3 is 0 Å². The fourth-order valence-corrected chi connectivity index (χ4v) is 5.70. The van der Waals surface area contributed by atoms with Crippen molar-refractivity contribution in [2.75, 3.05) is 19.6 Å². The summed E-state index contributed by atoms with van der Waals surface area (Å²) in [7, 11) is 0. The van der Waals surface area contributed by atoms with Gasteiger partial charge in [-0.3, -0.25) is 4.79 Å². The van der Waals surface area contributed by atoms with E-state index in [1.54, 1.807) is 6.07 Å². The van der Waals surface area contributed by atoms with Crippen LogP contribution in [0.25, 0.3) is 0 Å². The molecule has 0 bridgehead atoms. The fraction of sp³-hybridized carbons (Fsp3) is 0.552. The third-order valence-electron chi connectivity index (χ3n) is 8.44. The number of rotatable bonds is 7. The molecule has 33 heavy (non-hydrogen) atoms. The molecular formula is C29H40N2O2. The highest BCUT2D eigenvalue weighted by atomic mass is 16.3. The summed E-state index contributed by atoms with van der Waals surface area (Å²) >= 11 is 0. The van der Waals surface area contributed by atoms with E-state index in [9.17, 15) is 9.90 Å². The first-order chi connectivity index (χ1) is 15.8. The Balaban J connectivity index is 1.36. The zero-order chi connectivity index (χ0) is 23.6. The summed E-state index contributed by atoms with van der Waals surface area (Å²) in [5.41, 5.74) is 3.93. The highest BCUT2D eigenvalue weighted by Crippen LogP contribution is 2.40. The van der Waals surface area contributed by atoms with Crippen LogP contribution in [0.5, 0.6) is 5.75 Å². The Morgan fingerprint density at radius 3 is 2.64 bits per heavy atom. The fourth-order valence-electron chi connectivity index (χ4n) is 5.70. The summed E-state index contributed by atoms with van der Waals surface area (Å²) in [6, 6.07) is 16.2. The van der Waals surface area contributed by atoms with Crippen molar-refractivity contribution >= 4 is 5.78 Å². The van der Waals surface area contributed by atoms with Crippen molar-refractivity contribution in [3.05, 3.63) is 65.2 Å². The molecule has 2 aliphatic rings. The van der Waals surface area contributed by atoms with Gasteiger partial charge in [0.15, 0.2) is 0 Å². The van der Waals surface area contributed by atoms with E-state index in [2.05, 4.69) is 68.2 Å². The molecule has 0 aliphatic carbocycles. The van der Waals surface area contributed by atoms with E-state index in [4.69, 9.17) is 0 Å². The molecule has 4 nitrogen and oxygen atoms in total. The van der Waals surface area contributed by atoms with Gasteiger partial charge in [0, 0.05) is 26.1 Å². The second-order valence-electron chi connectivity index (χ2n) is 11.0. The topological polar surface area (TPSA) is 52.6 Å². The number of hydrogen-bond donors (Lipinski definition) is 2. The highest BCUT2D eigenvalue weighted by Gasteiger charge is 2.39. The van der Waals surface area contributed by atoms with Crippen LogP contribution in [0.15, 0.2) is 48.5 Å². The summed E-state index contributed by atoms with van der Waals surface area (Å²) in [5.74, 6) is 2.03. The van der Waals surface area contributed by atoms with E-state index in [1.807, 2.05) is 12.1 Å². The molecule has 4 heteroatoms. The number of carbonyl (C=O) groups is 1. The minimum atomic E-state index is -0.0597. The zero-order valence-electron chi connectivity index (χ0n) is 20.7. The van der Waals surface area contributed by atoms with Crippen molar-refractivity contribution in [2.45, 2.75) is 65.0 Å². The molecule has 0 spiro atoms. The van der Waals surface area contributed by atoms with Crippen molar-refractivity contribution in [2.24, 2.45) is 17.8 Å². The second kappa shape index (κ2) is 9.99. The van der Waals surface area contributed by atoms with Gasteiger partial charge < -0.3 is 15.3 Å². The summed E-state index contributed by atoms with van der Waals surface area (Å²) in [6.45, 7) is 13.0. The Hall–Kier alpha value is -2.17. The Kier molecular flexibility index (Phi) is 7.25. The first kappa shape index (κ1) is 24.0. The normalized spacial score (nSPS) is 26.7. The molecule has 0 saturated carbocycles. The molecule has 2 aromatic carbocycles. The largest absolute Gasteiger partial charge is 0.508 e. The van der Waals surface area contributed by atoms with E-state index in [-0.39, 0.29) is 11.5 Å². The van der Waals surface area contributed by atoms with Crippen LogP contribution in [0.3, 0.4) is 0 Å². The number of fused-ring (bicyclic) bond motifs is 1. The van der Waals surface area contributed by atoms with Gasteiger partial charge in [0.2, 0.25) is 0 Å². The Labute approximate surface area is 199 Å². The third kappa shape index (κ3) is 5.33. The maximum absolute atomic E-state index is 13.2. The van der Waals surface area contributed by atoms with Gasteiger partial charge in [0.25, 0.3) is 0 Å². The van der Waals surface area contributed by atoms with Crippen molar-refractivity contribution in [3.63, 3.8) is 0 Å². The van der Waals surface area contributed by atoms with Crippen molar-refractivity contribution in [1.29, 1.82) is 0 Å². The number of phenolic OH excluding ortho intramolecular Hbond substituents is 1. The van der Waals surface area contributed by atoms with Gasteiger partial charge in [-0.25, -0.2) is 0 Å². The molecule has 0 unspecified atom stereocenters. The number of nitrogens with one attached hydrogen (secondary N) is 1. The van der Waals surface area contributed by atoms with Crippen LogP contribution in [0.1, 0.15) is 57.2 Å². The van der Waals surface area contributed by atoms with Crippen LogP contribution >= 0.6 is 0 Å². The Morgan fingerprint density at radius 2 is 1.94 bits per heavy atom. The number of benzene rings is 2. The number of ketones is 1. The lowest BCUT2D eigenvalue weighted by molar-refractivity contribution is -0.122. The first-order valence-electron chi connectivity index (χ1n) is 12.6. The quantitative estimate of drug-likeness (QED) is 0.630. The van der Waals surface area contributed by atoms with Crippen LogP contribution < -0.4 is 5.32 Å². The van der Waals surface area contributed by atoms with Crippen LogP contribution in [0.4, 0.5) is 0 Å². The highest BCUT2D eigenvalue weighted by molar-refractivity contribution is 5.85. The minimum absolute atomic E-state index is 0.0597. The number of likely N-dealkylation sites (tertiary alicyclic amines) is 1. The standard InChI is InChI=1S/C29H40N2O2/c1-20(2)24(15-28(33)27-14-22-8-5-6-9-23(22)17-30-27)19-31-13-12-29(4,21(3)18-31)25-10-7-11-26(32)16-25/h5-11,16,20-21,24,27,30,32H,12-15,17-19H2,1-4H3/t21-,24+,27+,29+/m0/s1. The van der Waals surface area contributed by atoms with E-state index >= 15 is 0 Å². The maximum Gasteiger partial charge on any atom is 0.150 e. The van der Waals surface area contributed by atoms with Crippen LogP contribution in [0.2, 0.25) is 0 Å². The van der Waals surface area contributed by atoms with Gasteiger partial charge in [-0.2, -0.15) is 0 Å². The predicted octanol–water partition coefficient (Wildman–Crippen LogP) is 4.94. The molecule has 178 valence electrons. The van der Waals surface area contributed by atoms with E-state index in [0.29, 0.717) is 35.7 Å². The Morgan fingerprint density at radius 1 is 1.18 bits per heavy atom. The molecule has 4 rings (SSSR count). The van der Waals surface area contributed by atoms with E-state index in [1.165, 1.54) is 16.7 Å². The summed E-state index contributed by atoms with van der Waals surface area (Å²) in [4.78, 5) is 15.8. The summed E-state index contributed by atoms with van der Waals surface area (Å²) in [5, 5.41) is 13.5. The van der Waals surface area contributed by atoms with Crippen molar-refractivity contribution in [1.82, 2.24) is 10.2 Å². The maximum atomic E-state index is 13.2. The lowest BCUT2D eigenvalue weighted by Crippen LogP contribution is -2.49. The molecule has 2 aromatic rings. The smallest absolute Gasteiger partial charge is 0.150 e. The first-order valence-corrected chi connectivity index (χ1v) is 12.6. The zero-order valence-corrected chi connectivity index (χ0v) is 20.7. The van der Waals surface area contributed by atoms with Crippen LogP contribution in [0, 0.1) is 17.8 Å². The van der Waals surface area contributed by atoms with E-state index in [0.717, 1.165) is 39.0 Å². The van der Waals surface area contributed by atoms with Gasteiger partial charge in [0.1, 0.15) is 11.5 Å². The molecular weight excluding hydrogens is 408 g/mol. The molecule has 2 aliphatic heterocycles. The van der Waals surface area contributed by atoms with Crippen molar-refractivity contribution in [3.8, 4) is 5.75 Å². The number of hydrogen-bond acceptors (Lipinski definition) is 4. The molecule has 4 atom stereocenters. The van der Waals surface area contributed by atoms with Crippen LogP contribution in [-0.4, -0.2) is 41.5 Å². The summed E-state index contributed by atoms with van der Waals surface area (Å²) < 4.78 is 0. The monoisotopic (exact) mass is 448 g/mol. The van der Waals surface area contributed by atoms with Gasteiger partial charge in [-0.05, 0) is 71.4 Å². The predicted molar refractivity (Wildman–Crippen MR) is 134 cm³/mol. The molecule has 0 radical (unpaired) electrons. The molecule has 2 heterocycles. The molecule has 1 fully saturated rings. The molecule has 2 N–H and O–H groups in total. The minimum Gasteiger partial charge on any atom is -0.508 e. The molecule has 0 aromatic heterocycles. The van der Waals surface area contributed by atoms with Gasteiger partial charge in [-0.1, -0.05) is 64.1 Å². The Bertz CT molecular complexity index is 972. The number of phenols is 1. The second-order valence-corrected chi connectivity index (χ2v) is 11.0. The molecule has 1 saturated heterocycles. The lowest BCUT2D eigenvalue weighted by atomic mass is 9.68. The number of aromatic hydroxyl groups is 1. The third-order valence-corrected chi connectivity index (χ3v) is 8.44. The van der Waals surface area contributed by atoms with Gasteiger partial charge in [0.05, 0.1) is 6.04 Å². The lowest BCUT2D eigenvalue weighted by Gasteiger charge is -2.46. The van der Waals surface area contributed by atoms with Gasteiger partial charge in [-0.15, -0.1) is 0 Å². The number of piperidine rings is 1. The SMILES string of the molecule is CC(C)[C@H](CC(=O)[C@H]1Cc2ccccc2CN1)CN1CC[C@@](C)(c2cccc(O)c2)[C@@H](C)C1. The number of carbonyl (C=O) groups excluding carboxylic acids is 1.